The number of urea groups is 1. The second-order valence-electron chi connectivity index (χ2n) is 8.45. The summed E-state index contributed by atoms with van der Waals surface area (Å²) in [6.07, 6.45) is 4.74. The molecule has 0 radical (unpaired) electrons. The molecule has 130 valence electrons. The molecule has 1 aromatic carbocycles. The molecule has 3 heterocycles. The maximum absolute atomic E-state index is 13.1. The molecule has 24 heavy (non-hydrogen) atoms. The van der Waals surface area contributed by atoms with Crippen molar-refractivity contribution in [2.45, 2.75) is 76.0 Å². The van der Waals surface area contributed by atoms with Crippen LogP contribution in [0.2, 0.25) is 0 Å². The molecule has 4 rings (SSSR count). The van der Waals surface area contributed by atoms with Crippen molar-refractivity contribution in [3.8, 4) is 0 Å². The van der Waals surface area contributed by atoms with Crippen molar-refractivity contribution in [2.24, 2.45) is 0 Å². The van der Waals surface area contributed by atoms with Crippen molar-refractivity contribution >= 4 is 11.7 Å². The highest BCUT2D eigenvalue weighted by atomic mass is 16.2. The third-order valence-electron chi connectivity index (χ3n) is 6.93. The molecule has 1 N–H and O–H groups in total. The van der Waals surface area contributed by atoms with Gasteiger partial charge in [-0.2, -0.15) is 0 Å². The average Bonchev–Trinajstić information content (AvgIpc) is 2.88. The van der Waals surface area contributed by atoms with Crippen molar-refractivity contribution in [1.29, 1.82) is 0 Å². The summed E-state index contributed by atoms with van der Waals surface area (Å²) in [6.45, 7) is 6.64. The predicted octanol–water partition coefficient (Wildman–Crippen LogP) is 3.51. The molecule has 4 atom stereocenters. The molecule has 2 saturated heterocycles. The van der Waals surface area contributed by atoms with Gasteiger partial charge in [0.25, 0.3) is 0 Å². The Kier molecular flexibility index (Phi) is 3.64. The summed E-state index contributed by atoms with van der Waals surface area (Å²) in [7, 11) is 2.24. The summed E-state index contributed by atoms with van der Waals surface area (Å²) < 4.78 is 0. The third-order valence-corrected chi connectivity index (χ3v) is 6.93. The number of amides is 2. The SMILES string of the molecule is CC1N(C(=O)NC2C[C@H]3CC[C@@H](C2)N3C)c2ccccc2C1(C)C. The van der Waals surface area contributed by atoms with E-state index in [2.05, 4.69) is 56.2 Å². The molecule has 0 spiro atoms. The van der Waals surface area contributed by atoms with Crippen LogP contribution in [0.5, 0.6) is 0 Å². The Morgan fingerprint density at radius 1 is 1.17 bits per heavy atom. The van der Waals surface area contributed by atoms with Crippen LogP contribution in [0.15, 0.2) is 24.3 Å². The Balaban J connectivity index is 1.53. The van der Waals surface area contributed by atoms with Gasteiger partial charge in [0, 0.05) is 35.3 Å². The second-order valence-corrected chi connectivity index (χ2v) is 8.45. The molecule has 1 aromatic rings. The number of nitrogens with zero attached hydrogens (tertiary/aromatic N) is 2. The van der Waals surface area contributed by atoms with Gasteiger partial charge in [0.2, 0.25) is 0 Å². The Hall–Kier alpha value is -1.55. The van der Waals surface area contributed by atoms with Crippen molar-refractivity contribution in [1.82, 2.24) is 10.2 Å². The van der Waals surface area contributed by atoms with Gasteiger partial charge < -0.3 is 10.2 Å². The molecule has 4 nitrogen and oxygen atoms in total. The number of carbonyl (C=O) groups is 1. The maximum atomic E-state index is 13.1. The standard InChI is InChI=1S/C20H29N3O/c1-13-20(2,3)17-7-5-6-8-18(17)23(13)19(24)21-14-11-15-9-10-16(12-14)22(15)4/h5-8,13-16H,9-12H2,1-4H3,(H,21,24)/t13?,14?,15-,16+. The van der Waals surface area contributed by atoms with Crippen molar-refractivity contribution in [3.63, 3.8) is 0 Å². The lowest BCUT2D eigenvalue weighted by Crippen LogP contribution is -2.54. The van der Waals surface area contributed by atoms with E-state index in [1.165, 1.54) is 18.4 Å². The van der Waals surface area contributed by atoms with Crippen LogP contribution in [0.1, 0.15) is 52.0 Å². The number of carbonyl (C=O) groups excluding carboxylic acids is 1. The van der Waals surface area contributed by atoms with E-state index in [1.54, 1.807) is 0 Å². The van der Waals surface area contributed by atoms with Crippen LogP contribution in [-0.2, 0) is 5.41 Å². The minimum atomic E-state index is -0.0141. The third kappa shape index (κ3) is 2.26. The first-order chi connectivity index (χ1) is 11.4. The lowest BCUT2D eigenvalue weighted by molar-refractivity contribution is 0.150. The summed E-state index contributed by atoms with van der Waals surface area (Å²) in [6, 6.07) is 10.2. The maximum Gasteiger partial charge on any atom is 0.322 e. The second kappa shape index (κ2) is 5.48. The average molecular weight is 327 g/mol. The molecule has 2 fully saturated rings. The first-order valence-corrected chi connectivity index (χ1v) is 9.30. The number of piperidine rings is 1. The Morgan fingerprint density at radius 3 is 2.46 bits per heavy atom. The normalized spacial score (nSPS) is 34.2. The minimum absolute atomic E-state index is 0.0141. The molecule has 0 aromatic heterocycles. The summed E-state index contributed by atoms with van der Waals surface area (Å²) >= 11 is 0. The van der Waals surface area contributed by atoms with Crippen molar-refractivity contribution in [3.05, 3.63) is 29.8 Å². The fourth-order valence-electron chi connectivity index (χ4n) is 5.04. The molecule has 2 unspecified atom stereocenters. The number of rotatable bonds is 1. The van der Waals surface area contributed by atoms with Crippen LogP contribution in [0.25, 0.3) is 0 Å². The number of hydrogen-bond donors (Lipinski definition) is 1. The first kappa shape index (κ1) is 15.9. The van der Waals surface area contributed by atoms with Gasteiger partial charge in [0.1, 0.15) is 0 Å². The largest absolute Gasteiger partial charge is 0.335 e. The molecule has 2 amide bonds. The summed E-state index contributed by atoms with van der Waals surface area (Å²) in [5.74, 6) is 0. The Morgan fingerprint density at radius 2 is 1.79 bits per heavy atom. The monoisotopic (exact) mass is 327 g/mol. The number of fused-ring (bicyclic) bond motifs is 3. The lowest BCUT2D eigenvalue weighted by Gasteiger charge is -2.38. The van der Waals surface area contributed by atoms with E-state index in [1.807, 2.05) is 11.0 Å². The smallest absolute Gasteiger partial charge is 0.322 e. The highest BCUT2D eigenvalue weighted by molar-refractivity contribution is 5.96. The lowest BCUT2D eigenvalue weighted by atomic mass is 9.81. The molecule has 4 heteroatoms. The number of nitrogens with one attached hydrogen (secondary N) is 1. The molecule has 0 saturated carbocycles. The van der Waals surface area contributed by atoms with Crippen LogP contribution in [0.3, 0.4) is 0 Å². The number of benzene rings is 1. The topological polar surface area (TPSA) is 35.6 Å². The van der Waals surface area contributed by atoms with E-state index in [4.69, 9.17) is 0 Å². The van der Waals surface area contributed by atoms with Crippen LogP contribution in [-0.4, -0.2) is 42.1 Å². The molecule has 3 aliphatic heterocycles. The van der Waals surface area contributed by atoms with Crippen molar-refractivity contribution < 1.29 is 4.79 Å². The van der Waals surface area contributed by atoms with E-state index >= 15 is 0 Å². The highest BCUT2D eigenvalue weighted by Crippen LogP contribution is 2.45. The van der Waals surface area contributed by atoms with Crippen LogP contribution in [0, 0.1) is 0 Å². The molecular weight excluding hydrogens is 298 g/mol. The van der Waals surface area contributed by atoms with E-state index in [0.29, 0.717) is 18.1 Å². The van der Waals surface area contributed by atoms with Crippen LogP contribution < -0.4 is 10.2 Å². The zero-order valence-electron chi connectivity index (χ0n) is 15.2. The fourth-order valence-corrected chi connectivity index (χ4v) is 5.04. The van der Waals surface area contributed by atoms with Gasteiger partial charge in [-0.25, -0.2) is 4.79 Å². The summed E-state index contributed by atoms with van der Waals surface area (Å²) in [5.41, 5.74) is 2.33. The highest BCUT2D eigenvalue weighted by Gasteiger charge is 2.45. The zero-order chi connectivity index (χ0) is 17.1. The Bertz CT molecular complexity index is 642. The Labute approximate surface area is 145 Å². The zero-order valence-corrected chi connectivity index (χ0v) is 15.2. The molecule has 3 aliphatic rings. The van der Waals surface area contributed by atoms with Crippen LogP contribution >= 0.6 is 0 Å². The van der Waals surface area contributed by atoms with Gasteiger partial charge in [0.05, 0.1) is 0 Å². The van der Waals surface area contributed by atoms with Gasteiger partial charge in [0.15, 0.2) is 0 Å². The fraction of sp³-hybridized carbons (Fsp3) is 0.650. The van der Waals surface area contributed by atoms with E-state index in [0.717, 1.165) is 18.5 Å². The summed E-state index contributed by atoms with van der Waals surface area (Å²) in [4.78, 5) is 17.6. The summed E-state index contributed by atoms with van der Waals surface area (Å²) in [5, 5.41) is 3.35. The minimum Gasteiger partial charge on any atom is -0.335 e. The molecule has 0 aliphatic carbocycles. The predicted molar refractivity (Wildman–Crippen MR) is 97.5 cm³/mol. The van der Waals surface area contributed by atoms with E-state index in [9.17, 15) is 4.79 Å². The number of hydrogen-bond acceptors (Lipinski definition) is 2. The number of anilines is 1. The van der Waals surface area contributed by atoms with Crippen molar-refractivity contribution in [2.75, 3.05) is 11.9 Å². The molecular formula is C20H29N3O. The van der Waals surface area contributed by atoms with Gasteiger partial charge in [-0.3, -0.25) is 4.90 Å². The van der Waals surface area contributed by atoms with Crippen LogP contribution in [0.4, 0.5) is 10.5 Å². The van der Waals surface area contributed by atoms with E-state index in [-0.39, 0.29) is 17.5 Å². The van der Waals surface area contributed by atoms with Gasteiger partial charge >= 0.3 is 6.03 Å². The van der Waals surface area contributed by atoms with E-state index < -0.39 is 0 Å². The molecule has 2 bridgehead atoms. The van der Waals surface area contributed by atoms with Gasteiger partial charge in [-0.15, -0.1) is 0 Å². The quantitative estimate of drug-likeness (QED) is 0.857. The van der Waals surface area contributed by atoms with Gasteiger partial charge in [-0.05, 0) is 51.3 Å². The number of para-hydroxylation sites is 1. The van der Waals surface area contributed by atoms with Gasteiger partial charge in [-0.1, -0.05) is 32.0 Å². The first-order valence-electron chi connectivity index (χ1n) is 9.30.